The molecule has 84 valence electrons. The summed E-state index contributed by atoms with van der Waals surface area (Å²) in [5.74, 6) is 1.05. The average molecular weight is 346 g/mol. The first-order valence-corrected chi connectivity index (χ1v) is 6.82. The Bertz CT molecular complexity index is 429. The van der Waals surface area contributed by atoms with Gasteiger partial charge in [0, 0.05) is 40.0 Å². The second-order valence-corrected chi connectivity index (χ2v) is 5.55. The minimum Gasteiger partial charge on any atom is -0.354 e. The fourth-order valence-corrected chi connectivity index (χ4v) is 2.19. The molecule has 0 saturated carbocycles. The highest BCUT2D eigenvalue weighted by Gasteiger charge is 2.08. The SMILES string of the molecule is CC(CNc1ncc(I)cn1)c1nccs1. The summed E-state index contributed by atoms with van der Waals surface area (Å²) >= 11 is 3.86. The van der Waals surface area contributed by atoms with Crippen LogP contribution < -0.4 is 5.32 Å². The summed E-state index contributed by atoms with van der Waals surface area (Å²) in [6.07, 6.45) is 5.42. The number of hydrogen-bond donors (Lipinski definition) is 1. The second-order valence-electron chi connectivity index (χ2n) is 3.38. The quantitative estimate of drug-likeness (QED) is 0.865. The highest BCUT2D eigenvalue weighted by atomic mass is 127. The summed E-state index contributed by atoms with van der Waals surface area (Å²) < 4.78 is 1.04. The molecule has 1 unspecified atom stereocenters. The lowest BCUT2D eigenvalue weighted by Gasteiger charge is -2.09. The average Bonchev–Trinajstić information content (AvgIpc) is 2.81. The van der Waals surface area contributed by atoms with Crippen LogP contribution >= 0.6 is 33.9 Å². The van der Waals surface area contributed by atoms with Crippen LogP contribution in [0.5, 0.6) is 0 Å². The molecule has 2 aromatic rings. The summed E-state index contributed by atoms with van der Waals surface area (Å²) in [7, 11) is 0. The van der Waals surface area contributed by atoms with Gasteiger partial charge in [0.1, 0.15) is 0 Å². The van der Waals surface area contributed by atoms with Crippen molar-refractivity contribution in [1.82, 2.24) is 15.0 Å². The molecule has 2 aromatic heterocycles. The number of halogens is 1. The Hall–Kier alpha value is -0.760. The molecule has 0 aliphatic heterocycles. The summed E-state index contributed by atoms with van der Waals surface area (Å²) in [6.45, 7) is 2.94. The van der Waals surface area contributed by atoms with E-state index in [1.165, 1.54) is 0 Å². The molecule has 2 rings (SSSR count). The van der Waals surface area contributed by atoms with Crippen LogP contribution in [0.4, 0.5) is 5.95 Å². The zero-order chi connectivity index (χ0) is 11.4. The second kappa shape index (κ2) is 5.53. The van der Waals surface area contributed by atoms with Gasteiger partial charge in [0.25, 0.3) is 0 Å². The van der Waals surface area contributed by atoms with E-state index in [0.717, 1.165) is 15.1 Å². The van der Waals surface area contributed by atoms with Crippen LogP contribution in [0.3, 0.4) is 0 Å². The van der Waals surface area contributed by atoms with Gasteiger partial charge in [-0.3, -0.25) is 0 Å². The van der Waals surface area contributed by atoms with E-state index in [1.807, 2.05) is 11.6 Å². The zero-order valence-corrected chi connectivity index (χ0v) is 11.7. The first-order valence-electron chi connectivity index (χ1n) is 4.86. The third kappa shape index (κ3) is 3.11. The Labute approximate surface area is 112 Å². The summed E-state index contributed by atoms with van der Waals surface area (Å²) in [5.41, 5.74) is 0. The Morgan fingerprint density at radius 3 is 2.75 bits per heavy atom. The summed E-state index contributed by atoms with van der Waals surface area (Å²) in [5, 5.41) is 6.33. The standard InChI is InChI=1S/C10H11IN4S/c1-7(9-12-2-3-16-9)4-13-10-14-5-8(11)6-15-10/h2-3,5-7H,4H2,1H3,(H,13,14,15). The van der Waals surface area contributed by atoms with Gasteiger partial charge < -0.3 is 5.32 Å². The monoisotopic (exact) mass is 346 g/mol. The van der Waals surface area contributed by atoms with Crippen LogP contribution in [0.15, 0.2) is 24.0 Å². The molecule has 16 heavy (non-hydrogen) atoms. The van der Waals surface area contributed by atoms with Crippen molar-refractivity contribution in [3.63, 3.8) is 0 Å². The minimum atomic E-state index is 0.378. The predicted octanol–water partition coefficient (Wildman–Crippen LogP) is 2.75. The highest BCUT2D eigenvalue weighted by Crippen LogP contribution is 2.17. The molecule has 0 fully saturated rings. The number of thiazole rings is 1. The number of rotatable bonds is 4. The number of aromatic nitrogens is 3. The molecule has 0 aliphatic carbocycles. The molecule has 1 atom stereocenters. The normalized spacial score (nSPS) is 12.4. The van der Waals surface area contributed by atoms with E-state index in [-0.39, 0.29) is 0 Å². The van der Waals surface area contributed by atoms with Gasteiger partial charge >= 0.3 is 0 Å². The van der Waals surface area contributed by atoms with E-state index in [0.29, 0.717) is 11.9 Å². The molecule has 0 spiro atoms. The third-order valence-corrected chi connectivity index (χ3v) is 3.62. The number of nitrogens with zero attached hydrogens (tertiary/aromatic N) is 3. The number of hydrogen-bond acceptors (Lipinski definition) is 5. The van der Waals surface area contributed by atoms with Gasteiger partial charge in [0.2, 0.25) is 5.95 Å². The zero-order valence-electron chi connectivity index (χ0n) is 8.72. The molecule has 6 heteroatoms. The van der Waals surface area contributed by atoms with Crippen molar-refractivity contribution < 1.29 is 0 Å². The molecule has 1 N–H and O–H groups in total. The van der Waals surface area contributed by atoms with Crippen LogP contribution in [0.25, 0.3) is 0 Å². The molecular formula is C10H11IN4S. The maximum absolute atomic E-state index is 4.28. The molecule has 2 heterocycles. The van der Waals surface area contributed by atoms with E-state index >= 15 is 0 Å². The van der Waals surface area contributed by atoms with Gasteiger partial charge in [-0.25, -0.2) is 15.0 Å². The fourth-order valence-electron chi connectivity index (χ4n) is 1.21. The highest BCUT2D eigenvalue weighted by molar-refractivity contribution is 14.1. The van der Waals surface area contributed by atoms with Crippen LogP contribution in [0, 0.1) is 3.57 Å². The van der Waals surface area contributed by atoms with E-state index in [9.17, 15) is 0 Å². The van der Waals surface area contributed by atoms with Gasteiger partial charge in [-0.2, -0.15) is 0 Å². The fraction of sp³-hybridized carbons (Fsp3) is 0.300. The van der Waals surface area contributed by atoms with E-state index < -0.39 is 0 Å². The first kappa shape index (κ1) is 11.7. The summed E-state index contributed by atoms with van der Waals surface area (Å²) in [4.78, 5) is 12.6. The molecular weight excluding hydrogens is 335 g/mol. The van der Waals surface area contributed by atoms with Crippen molar-refractivity contribution in [1.29, 1.82) is 0 Å². The molecule has 0 amide bonds. The van der Waals surface area contributed by atoms with E-state index in [2.05, 4.69) is 49.8 Å². The van der Waals surface area contributed by atoms with E-state index in [4.69, 9.17) is 0 Å². The van der Waals surface area contributed by atoms with Gasteiger partial charge in [0.15, 0.2) is 0 Å². The molecule has 0 saturated heterocycles. The van der Waals surface area contributed by atoms with Crippen LogP contribution in [0.1, 0.15) is 17.8 Å². The Morgan fingerprint density at radius 2 is 2.12 bits per heavy atom. The van der Waals surface area contributed by atoms with Crippen molar-refractivity contribution >= 4 is 39.9 Å². The topological polar surface area (TPSA) is 50.7 Å². The first-order chi connectivity index (χ1) is 7.75. The predicted molar refractivity (Wildman–Crippen MR) is 73.8 cm³/mol. The van der Waals surface area contributed by atoms with E-state index in [1.54, 1.807) is 23.7 Å². The van der Waals surface area contributed by atoms with Gasteiger partial charge in [-0.05, 0) is 22.6 Å². The van der Waals surface area contributed by atoms with Crippen LogP contribution in [-0.2, 0) is 0 Å². The van der Waals surface area contributed by atoms with Crippen molar-refractivity contribution in [2.75, 3.05) is 11.9 Å². The van der Waals surface area contributed by atoms with Crippen molar-refractivity contribution in [3.8, 4) is 0 Å². The Balaban J connectivity index is 1.90. The molecule has 0 aromatic carbocycles. The number of anilines is 1. The molecule has 0 radical (unpaired) electrons. The molecule has 4 nitrogen and oxygen atoms in total. The Kier molecular flexibility index (Phi) is 4.05. The maximum Gasteiger partial charge on any atom is 0.222 e. The lowest BCUT2D eigenvalue weighted by atomic mass is 10.2. The molecule has 0 bridgehead atoms. The van der Waals surface area contributed by atoms with Crippen molar-refractivity contribution in [2.45, 2.75) is 12.8 Å². The lowest BCUT2D eigenvalue weighted by molar-refractivity contribution is 0.787. The van der Waals surface area contributed by atoms with Gasteiger partial charge in [0.05, 0.1) is 5.01 Å². The smallest absolute Gasteiger partial charge is 0.222 e. The minimum absolute atomic E-state index is 0.378. The molecule has 0 aliphatic rings. The maximum atomic E-state index is 4.28. The van der Waals surface area contributed by atoms with Crippen LogP contribution in [-0.4, -0.2) is 21.5 Å². The van der Waals surface area contributed by atoms with Gasteiger partial charge in [-0.1, -0.05) is 6.92 Å². The van der Waals surface area contributed by atoms with Crippen molar-refractivity contribution in [2.24, 2.45) is 0 Å². The largest absolute Gasteiger partial charge is 0.354 e. The summed E-state index contributed by atoms with van der Waals surface area (Å²) in [6, 6.07) is 0. The van der Waals surface area contributed by atoms with Crippen LogP contribution in [0.2, 0.25) is 0 Å². The van der Waals surface area contributed by atoms with Crippen molar-refractivity contribution in [3.05, 3.63) is 32.5 Å². The number of nitrogens with one attached hydrogen (secondary N) is 1. The van der Waals surface area contributed by atoms with Gasteiger partial charge in [-0.15, -0.1) is 11.3 Å². The Morgan fingerprint density at radius 1 is 1.38 bits per heavy atom. The third-order valence-electron chi connectivity index (χ3n) is 2.06. The lowest BCUT2D eigenvalue weighted by Crippen LogP contribution is -2.11.